The number of nitrogens with one attached hydrogen (secondary N) is 1. The van der Waals surface area contributed by atoms with Crippen LogP contribution in [-0.2, 0) is 6.54 Å². The van der Waals surface area contributed by atoms with E-state index in [2.05, 4.69) is 59.4 Å². The first kappa shape index (κ1) is 17.9. The molecule has 3 rings (SSSR count). The zero-order valence-electron chi connectivity index (χ0n) is 15.6. The van der Waals surface area contributed by atoms with Crippen LogP contribution in [0, 0.1) is 11.8 Å². The minimum absolute atomic E-state index is 0.650. The van der Waals surface area contributed by atoms with Gasteiger partial charge < -0.3 is 10.2 Å². The summed E-state index contributed by atoms with van der Waals surface area (Å²) in [6.45, 7) is 9.78. The lowest BCUT2D eigenvalue weighted by atomic mass is 9.93. The fourth-order valence-electron chi connectivity index (χ4n) is 4.29. The van der Waals surface area contributed by atoms with Crippen LogP contribution in [0.5, 0.6) is 0 Å². The highest BCUT2D eigenvalue weighted by Gasteiger charge is 2.27. The van der Waals surface area contributed by atoms with Gasteiger partial charge in [-0.2, -0.15) is 0 Å². The van der Waals surface area contributed by atoms with Crippen molar-refractivity contribution in [3.05, 3.63) is 35.9 Å². The fraction of sp³-hybridized carbons (Fsp3) is 0.714. The highest BCUT2D eigenvalue weighted by atomic mass is 15.2. The molecule has 0 aliphatic carbocycles. The van der Waals surface area contributed by atoms with E-state index in [1.54, 1.807) is 0 Å². The van der Waals surface area contributed by atoms with E-state index in [0.717, 1.165) is 18.4 Å². The number of hydrogen-bond acceptors (Lipinski definition) is 3. The number of nitrogens with zero attached hydrogens (tertiary/aromatic N) is 2. The molecular weight excluding hydrogens is 294 g/mol. The van der Waals surface area contributed by atoms with Crippen molar-refractivity contribution in [2.24, 2.45) is 11.8 Å². The van der Waals surface area contributed by atoms with Crippen LogP contribution in [0.4, 0.5) is 0 Å². The Morgan fingerprint density at radius 2 is 1.83 bits per heavy atom. The summed E-state index contributed by atoms with van der Waals surface area (Å²) in [6, 6.07) is 11.5. The zero-order chi connectivity index (χ0) is 16.8. The highest BCUT2D eigenvalue weighted by molar-refractivity contribution is 5.14. The van der Waals surface area contributed by atoms with E-state index in [1.165, 1.54) is 64.0 Å². The Hall–Kier alpha value is -0.900. The van der Waals surface area contributed by atoms with Crippen LogP contribution in [0.15, 0.2) is 30.3 Å². The average molecular weight is 330 g/mol. The monoisotopic (exact) mass is 329 g/mol. The van der Waals surface area contributed by atoms with Crippen molar-refractivity contribution in [3.63, 3.8) is 0 Å². The topological polar surface area (TPSA) is 18.5 Å². The Bertz CT molecular complexity index is 467. The Morgan fingerprint density at radius 3 is 2.58 bits per heavy atom. The summed E-state index contributed by atoms with van der Waals surface area (Å²) >= 11 is 0. The lowest BCUT2D eigenvalue weighted by molar-refractivity contribution is 0.209. The molecule has 0 bridgehead atoms. The van der Waals surface area contributed by atoms with Crippen LogP contribution >= 0.6 is 0 Å². The first-order chi connectivity index (χ1) is 11.7. The first-order valence-corrected chi connectivity index (χ1v) is 9.89. The number of benzene rings is 1. The lowest BCUT2D eigenvalue weighted by Crippen LogP contribution is -2.37. The van der Waals surface area contributed by atoms with Gasteiger partial charge >= 0.3 is 0 Å². The molecule has 2 aliphatic heterocycles. The largest absolute Gasteiger partial charge is 0.314 e. The molecule has 3 nitrogen and oxygen atoms in total. The molecule has 0 unspecified atom stereocenters. The van der Waals surface area contributed by atoms with Gasteiger partial charge in [-0.25, -0.2) is 0 Å². The maximum absolute atomic E-state index is 3.83. The van der Waals surface area contributed by atoms with E-state index in [4.69, 9.17) is 0 Å². The number of piperidine rings is 1. The Balaban J connectivity index is 1.33. The van der Waals surface area contributed by atoms with E-state index in [1.807, 2.05) is 0 Å². The van der Waals surface area contributed by atoms with Gasteiger partial charge in [-0.15, -0.1) is 0 Å². The molecule has 2 atom stereocenters. The van der Waals surface area contributed by atoms with Gasteiger partial charge in [0, 0.05) is 19.1 Å². The quantitative estimate of drug-likeness (QED) is 0.829. The summed E-state index contributed by atoms with van der Waals surface area (Å²) in [6.07, 6.45) is 5.48. The second kappa shape index (κ2) is 8.98. The van der Waals surface area contributed by atoms with Gasteiger partial charge in [0.1, 0.15) is 0 Å². The van der Waals surface area contributed by atoms with Crippen LogP contribution in [-0.4, -0.2) is 55.6 Å². The van der Waals surface area contributed by atoms with Gasteiger partial charge in [0.25, 0.3) is 0 Å². The summed E-state index contributed by atoms with van der Waals surface area (Å²) in [5, 5.41) is 3.83. The van der Waals surface area contributed by atoms with Crippen LogP contribution in [0.1, 0.15) is 38.2 Å². The molecule has 1 aromatic rings. The van der Waals surface area contributed by atoms with Crippen molar-refractivity contribution in [2.45, 2.75) is 45.2 Å². The van der Waals surface area contributed by atoms with Crippen molar-refractivity contribution in [3.8, 4) is 0 Å². The molecule has 3 heteroatoms. The molecule has 24 heavy (non-hydrogen) atoms. The third kappa shape index (κ3) is 5.30. The minimum atomic E-state index is 0.650. The smallest absolute Gasteiger partial charge is 0.0233 e. The van der Waals surface area contributed by atoms with Gasteiger partial charge in [0.15, 0.2) is 0 Å². The zero-order valence-corrected chi connectivity index (χ0v) is 15.6. The van der Waals surface area contributed by atoms with E-state index in [9.17, 15) is 0 Å². The van der Waals surface area contributed by atoms with Gasteiger partial charge in [0.2, 0.25) is 0 Å². The molecule has 2 aliphatic rings. The van der Waals surface area contributed by atoms with Crippen molar-refractivity contribution in [1.82, 2.24) is 15.1 Å². The Labute approximate surface area is 148 Å². The van der Waals surface area contributed by atoms with Crippen molar-refractivity contribution < 1.29 is 0 Å². The summed E-state index contributed by atoms with van der Waals surface area (Å²) in [4.78, 5) is 5.08. The van der Waals surface area contributed by atoms with Crippen LogP contribution < -0.4 is 5.32 Å². The summed E-state index contributed by atoms with van der Waals surface area (Å²) < 4.78 is 0. The molecular formula is C21H35N3. The molecule has 2 heterocycles. The number of rotatable bonds is 7. The molecule has 134 valence electrons. The predicted octanol–water partition coefficient (Wildman–Crippen LogP) is 3.22. The summed E-state index contributed by atoms with van der Waals surface area (Å²) in [5.41, 5.74) is 1.45. The molecule has 0 radical (unpaired) electrons. The molecule has 0 saturated carbocycles. The van der Waals surface area contributed by atoms with E-state index >= 15 is 0 Å². The molecule has 0 amide bonds. The van der Waals surface area contributed by atoms with Gasteiger partial charge in [0.05, 0.1) is 0 Å². The number of likely N-dealkylation sites (tertiary alicyclic amines) is 2. The second-order valence-electron chi connectivity index (χ2n) is 8.05. The van der Waals surface area contributed by atoms with E-state index in [-0.39, 0.29) is 0 Å². The SMILES string of the molecule is C[C@H](NCCC1CCN(C)CC1)[C@H]1CCN(Cc2ccccc2)C1. The third-order valence-corrected chi connectivity index (χ3v) is 6.12. The highest BCUT2D eigenvalue weighted by Crippen LogP contribution is 2.22. The Morgan fingerprint density at radius 1 is 1.08 bits per heavy atom. The summed E-state index contributed by atoms with van der Waals surface area (Å²) in [5.74, 6) is 1.75. The van der Waals surface area contributed by atoms with Crippen molar-refractivity contribution in [1.29, 1.82) is 0 Å². The molecule has 2 saturated heterocycles. The normalized spacial score (nSPS) is 25.2. The molecule has 0 aromatic heterocycles. The third-order valence-electron chi connectivity index (χ3n) is 6.12. The van der Waals surface area contributed by atoms with Crippen molar-refractivity contribution >= 4 is 0 Å². The van der Waals surface area contributed by atoms with Gasteiger partial charge in [-0.3, -0.25) is 4.90 Å². The van der Waals surface area contributed by atoms with Gasteiger partial charge in [-0.1, -0.05) is 30.3 Å². The van der Waals surface area contributed by atoms with E-state index < -0.39 is 0 Å². The lowest BCUT2D eigenvalue weighted by Gasteiger charge is -2.29. The predicted molar refractivity (Wildman–Crippen MR) is 102 cm³/mol. The minimum Gasteiger partial charge on any atom is -0.314 e. The molecule has 2 fully saturated rings. The van der Waals surface area contributed by atoms with Crippen LogP contribution in [0.2, 0.25) is 0 Å². The number of hydrogen-bond donors (Lipinski definition) is 1. The summed E-state index contributed by atoms with van der Waals surface area (Å²) in [7, 11) is 2.25. The maximum Gasteiger partial charge on any atom is 0.0233 e. The average Bonchev–Trinajstić information content (AvgIpc) is 3.06. The second-order valence-corrected chi connectivity index (χ2v) is 8.05. The fourth-order valence-corrected chi connectivity index (χ4v) is 4.29. The first-order valence-electron chi connectivity index (χ1n) is 9.89. The maximum atomic E-state index is 3.83. The van der Waals surface area contributed by atoms with Crippen molar-refractivity contribution in [2.75, 3.05) is 39.8 Å². The Kier molecular flexibility index (Phi) is 6.70. The standard InChI is InChI=1S/C21H35N3/c1-18(22-12-8-19-9-13-23(2)14-10-19)21-11-15-24(17-21)16-20-6-4-3-5-7-20/h3-7,18-19,21-22H,8-17H2,1-2H3/t18-,21-/m0/s1. The van der Waals surface area contributed by atoms with E-state index in [0.29, 0.717) is 6.04 Å². The molecule has 0 spiro atoms. The molecule has 1 aromatic carbocycles. The van der Waals surface area contributed by atoms with Gasteiger partial charge in [-0.05, 0) is 83.2 Å². The van der Waals surface area contributed by atoms with Crippen LogP contribution in [0.3, 0.4) is 0 Å². The molecule has 1 N–H and O–H groups in total. The van der Waals surface area contributed by atoms with Crippen LogP contribution in [0.25, 0.3) is 0 Å².